The van der Waals surface area contributed by atoms with E-state index >= 15 is 0 Å². The lowest BCUT2D eigenvalue weighted by Crippen LogP contribution is -2.39. The lowest BCUT2D eigenvalue weighted by Gasteiger charge is -2.21. The minimum Gasteiger partial charge on any atom is -0.494 e. The first-order valence-electron chi connectivity index (χ1n) is 7.33. The summed E-state index contributed by atoms with van der Waals surface area (Å²) in [5.41, 5.74) is 5.39. The Labute approximate surface area is 121 Å². The molecule has 0 saturated heterocycles. The molecule has 0 saturated carbocycles. The standard InChI is InChI=1S/C16H27NO3/c1-3-11-19-14-6-8-15(9-7-14)20-12-5-4-10-16(2,17)13-18/h6-9,18H,3-5,10-13,17H2,1-2H3. The molecule has 0 bridgehead atoms. The van der Waals surface area contributed by atoms with Crippen LogP contribution in [0.25, 0.3) is 0 Å². The van der Waals surface area contributed by atoms with E-state index in [2.05, 4.69) is 6.92 Å². The number of aliphatic hydroxyl groups excluding tert-OH is 1. The highest BCUT2D eigenvalue weighted by Gasteiger charge is 2.15. The molecule has 1 aromatic carbocycles. The molecule has 0 heterocycles. The Morgan fingerprint density at radius 1 is 1.05 bits per heavy atom. The third-order valence-corrected chi connectivity index (χ3v) is 3.07. The summed E-state index contributed by atoms with van der Waals surface area (Å²) in [6, 6.07) is 7.69. The minimum atomic E-state index is -0.474. The van der Waals surface area contributed by atoms with E-state index in [1.165, 1.54) is 0 Å². The van der Waals surface area contributed by atoms with Gasteiger partial charge in [-0.25, -0.2) is 0 Å². The second kappa shape index (κ2) is 8.82. The summed E-state index contributed by atoms with van der Waals surface area (Å²) in [6.45, 7) is 5.37. The van der Waals surface area contributed by atoms with Crippen molar-refractivity contribution < 1.29 is 14.6 Å². The Morgan fingerprint density at radius 3 is 2.10 bits per heavy atom. The third kappa shape index (κ3) is 6.78. The van der Waals surface area contributed by atoms with E-state index in [9.17, 15) is 0 Å². The summed E-state index contributed by atoms with van der Waals surface area (Å²) in [5.74, 6) is 1.73. The molecular weight excluding hydrogens is 254 g/mol. The molecule has 4 nitrogen and oxygen atoms in total. The van der Waals surface area contributed by atoms with Gasteiger partial charge in [-0.15, -0.1) is 0 Å². The number of benzene rings is 1. The van der Waals surface area contributed by atoms with Crippen LogP contribution < -0.4 is 15.2 Å². The van der Waals surface area contributed by atoms with E-state index in [4.69, 9.17) is 20.3 Å². The first kappa shape index (κ1) is 16.8. The van der Waals surface area contributed by atoms with Gasteiger partial charge in [0, 0.05) is 5.54 Å². The van der Waals surface area contributed by atoms with E-state index in [1.54, 1.807) is 0 Å². The topological polar surface area (TPSA) is 64.7 Å². The van der Waals surface area contributed by atoms with Gasteiger partial charge in [-0.3, -0.25) is 0 Å². The lowest BCUT2D eigenvalue weighted by molar-refractivity contribution is 0.194. The molecular formula is C16H27NO3. The van der Waals surface area contributed by atoms with Crippen LogP contribution >= 0.6 is 0 Å². The van der Waals surface area contributed by atoms with E-state index < -0.39 is 5.54 Å². The fourth-order valence-electron chi connectivity index (χ4n) is 1.75. The minimum absolute atomic E-state index is 0.0209. The summed E-state index contributed by atoms with van der Waals surface area (Å²) in [5, 5.41) is 9.05. The van der Waals surface area contributed by atoms with Crippen molar-refractivity contribution in [1.82, 2.24) is 0 Å². The Morgan fingerprint density at radius 2 is 1.60 bits per heavy atom. The van der Waals surface area contributed by atoms with Gasteiger partial charge in [0.1, 0.15) is 11.5 Å². The number of hydrogen-bond acceptors (Lipinski definition) is 4. The fourth-order valence-corrected chi connectivity index (χ4v) is 1.75. The van der Waals surface area contributed by atoms with E-state index in [1.807, 2.05) is 31.2 Å². The van der Waals surface area contributed by atoms with E-state index in [0.717, 1.165) is 43.8 Å². The van der Waals surface area contributed by atoms with Crippen LogP contribution in [0.4, 0.5) is 0 Å². The monoisotopic (exact) mass is 281 g/mol. The maximum atomic E-state index is 9.05. The Hall–Kier alpha value is -1.26. The van der Waals surface area contributed by atoms with Gasteiger partial charge in [-0.2, -0.15) is 0 Å². The molecule has 0 spiro atoms. The zero-order chi connectivity index (χ0) is 14.8. The molecule has 0 fully saturated rings. The first-order chi connectivity index (χ1) is 9.57. The van der Waals surface area contributed by atoms with Crippen molar-refractivity contribution in [3.8, 4) is 11.5 Å². The first-order valence-corrected chi connectivity index (χ1v) is 7.33. The van der Waals surface area contributed by atoms with Crippen LogP contribution in [0.3, 0.4) is 0 Å². The lowest BCUT2D eigenvalue weighted by atomic mass is 9.97. The largest absolute Gasteiger partial charge is 0.494 e. The highest BCUT2D eigenvalue weighted by molar-refractivity contribution is 5.31. The third-order valence-electron chi connectivity index (χ3n) is 3.07. The summed E-state index contributed by atoms with van der Waals surface area (Å²) < 4.78 is 11.2. The van der Waals surface area contributed by atoms with Crippen molar-refractivity contribution in [3.05, 3.63) is 24.3 Å². The molecule has 20 heavy (non-hydrogen) atoms. The molecule has 0 radical (unpaired) electrons. The number of ether oxygens (including phenoxy) is 2. The van der Waals surface area contributed by atoms with Crippen LogP contribution in [0.5, 0.6) is 11.5 Å². The van der Waals surface area contributed by atoms with Crippen molar-refractivity contribution in [2.45, 2.75) is 45.1 Å². The molecule has 0 aliphatic heterocycles. The molecule has 0 aliphatic rings. The van der Waals surface area contributed by atoms with Gasteiger partial charge in [-0.05, 0) is 56.9 Å². The predicted molar refractivity (Wildman–Crippen MR) is 81.3 cm³/mol. The second-order valence-electron chi connectivity index (χ2n) is 5.44. The van der Waals surface area contributed by atoms with Crippen molar-refractivity contribution in [2.75, 3.05) is 19.8 Å². The van der Waals surface area contributed by atoms with E-state index in [-0.39, 0.29) is 6.61 Å². The van der Waals surface area contributed by atoms with Crippen molar-refractivity contribution in [3.63, 3.8) is 0 Å². The van der Waals surface area contributed by atoms with Crippen molar-refractivity contribution in [1.29, 1.82) is 0 Å². The predicted octanol–water partition coefficient (Wildman–Crippen LogP) is 2.73. The summed E-state index contributed by atoms with van der Waals surface area (Å²) in [7, 11) is 0. The Kier molecular flexibility index (Phi) is 7.41. The van der Waals surface area contributed by atoms with E-state index in [0.29, 0.717) is 6.61 Å². The zero-order valence-electron chi connectivity index (χ0n) is 12.6. The number of aliphatic hydroxyl groups is 1. The Balaban J connectivity index is 2.19. The molecule has 3 N–H and O–H groups in total. The van der Waals surface area contributed by atoms with Crippen LogP contribution in [0.15, 0.2) is 24.3 Å². The molecule has 1 rings (SSSR count). The average molecular weight is 281 g/mol. The van der Waals surface area contributed by atoms with Gasteiger partial charge >= 0.3 is 0 Å². The molecule has 0 aromatic heterocycles. The zero-order valence-corrected chi connectivity index (χ0v) is 12.6. The van der Waals surface area contributed by atoms with Gasteiger partial charge in [0.05, 0.1) is 19.8 Å². The van der Waals surface area contributed by atoms with Gasteiger partial charge in [-0.1, -0.05) is 6.92 Å². The fraction of sp³-hybridized carbons (Fsp3) is 0.625. The normalized spacial score (nSPS) is 13.8. The van der Waals surface area contributed by atoms with Crippen LogP contribution in [0.1, 0.15) is 39.5 Å². The van der Waals surface area contributed by atoms with Gasteiger partial charge in [0.15, 0.2) is 0 Å². The van der Waals surface area contributed by atoms with Gasteiger partial charge in [0.25, 0.3) is 0 Å². The molecule has 0 aliphatic carbocycles. The summed E-state index contributed by atoms with van der Waals surface area (Å²) >= 11 is 0. The maximum Gasteiger partial charge on any atom is 0.119 e. The molecule has 114 valence electrons. The SMILES string of the molecule is CCCOc1ccc(OCCCCC(C)(N)CO)cc1. The second-order valence-corrected chi connectivity index (χ2v) is 5.44. The van der Waals surface area contributed by atoms with Gasteiger partial charge in [0.2, 0.25) is 0 Å². The maximum absolute atomic E-state index is 9.05. The Bertz CT molecular complexity index is 362. The summed E-state index contributed by atoms with van der Waals surface area (Å²) in [4.78, 5) is 0. The van der Waals surface area contributed by atoms with Crippen LogP contribution in [-0.4, -0.2) is 30.5 Å². The van der Waals surface area contributed by atoms with Crippen LogP contribution in [0.2, 0.25) is 0 Å². The molecule has 1 unspecified atom stereocenters. The smallest absolute Gasteiger partial charge is 0.119 e. The number of hydrogen-bond donors (Lipinski definition) is 2. The van der Waals surface area contributed by atoms with Crippen molar-refractivity contribution >= 4 is 0 Å². The quantitative estimate of drug-likeness (QED) is 0.647. The molecule has 1 aromatic rings. The van der Waals surface area contributed by atoms with Gasteiger partial charge < -0.3 is 20.3 Å². The van der Waals surface area contributed by atoms with Crippen molar-refractivity contribution in [2.24, 2.45) is 5.73 Å². The summed E-state index contributed by atoms with van der Waals surface area (Å²) in [6.07, 6.45) is 3.69. The number of rotatable bonds is 10. The highest BCUT2D eigenvalue weighted by Crippen LogP contribution is 2.18. The molecule has 0 amide bonds. The average Bonchev–Trinajstić information content (AvgIpc) is 2.46. The van der Waals surface area contributed by atoms with Crippen LogP contribution in [-0.2, 0) is 0 Å². The van der Waals surface area contributed by atoms with Crippen LogP contribution in [0, 0.1) is 0 Å². The number of unbranched alkanes of at least 4 members (excludes halogenated alkanes) is 1. The highest BCUT2D eigenvalue weighted by atomic mass is 16.5. The number of nitrogens with two attached hydrogens (primary N) is 1. The molecule has 4 heteroatoms. The molecule has 1 atom stereocenters.